The SMILES string of the molecule is Fc1cc(F)cc(Cc2nc(-c3cccc(Br)c3)cs2)c1. The molecule has 1 heterocycles. The molecule has 2 aromatic carbocycles. The van der Waals surface area contributed by atoms with Crippen LogP contribution in [0.2, 0.25) is 0 Å². The zero-order chi connectivity index (χ0) is 14.8. The van der Waals surface area contributed by atoms with Crippen LogP contribution in [-0.2, 0) is 6.42 Å². The van der Waals surface area contributed by atoms with Crippen LogP contribution in [0.5, 0.6) is 0 Å². The topological polar surface area (TPSA) is 12.9 Å². The Morgan fingerprint density at radius 1 is 1.05 bits per heavy atom. The summed E-state index contributed by atoms with van der Waals surface area (Å²) in [6.07, 6.45) is 0.424. The van der Waals surface area contributed by atoms with Crippen molar-refractivity contribution in [2.45, 2.75) is 6.42 Å². The van der Waals surface area contributed by atoms with Crippen molar-refractivity contribution in [1.29, 1.82) is 0 Å². The van der Waals surface area contributed by atoms with Crippen LogP contribution in [-0.4, -0.2) is 4.98 Å². The maximum atomic E-state index is 13.2. The summed E-state index contributed by atoms with van der Waals surface area (Å²) in [6.45, 7) is 0. The highest BCUT2D eigenvalue weighted by atomic mass is 79.9. The molecule has 0 bridgehead atoms. The first kappa shape index (κ1) is 14.4. The Morgan fingerprint density at radius 3 is 2.52 bits per heavy atom. The van der Waals surface area contributed by atoms with Gasteiger partial charge in [-0.05, 0) is 29.8 Å². The highest BCUT2D eigenvalue weighted by molar-refractivity contribution is 9.10. The average molecular weight is 366 g/mol. The number of thiazole rings is 1. The Labute approximate surface area is 133 Å². The fraction of sp³-hybridized carbons (Fsp3) is 0.0625. The van der Waals surface area contributed by atoms with Gasteiger partial charge in [-0.1, -0.05) is 28.1 Å². The Morgan fingerprint density at radius 2 is 1.81 bits per heavy atom. The van der Waals surface area contributed by atoms with E-state index < -0.39 is 11.6 Å². The lowest BCUT2D eigenvalue weighted by molar-refractivity contribution is 0.580. The summed E-state index contributed by atoms with van der Waals surface area (Å²) in [5.74, 6) is -1.12. The molecule has 0 N–H and O–H groups in total. The molecule has 1 nitrogen and oxygen atoms in total. The first-order valence-corrected chi connectivity index (χ1v) is 7.93. The maximum Gasteiger partial charge on any atom is 0.126 e. The van der Waals surface area contributed by atoms with E-state index >= 15 is 0 Å². The van der Waals surface area contributed by atoms with Crippen LogP contribution in [0.3, 0.4) is 0 Å². The normalized spacial score (nSPS) is 10.8. The third-order valence-electron chi connectivity index (χ3n) is 2.95. The summed E-state index contributed by atoms with van der Waals surface area (Å²) in [7, 11) is 0. The molecule has 0 atom stereocenters. The largest absolute Gasteiger partial charge is 0.241 e. The monoisotopic (exact) mass is 365 g/mol. The van der Waals surface area contributed by atoms with Gasteiger partial charge in [-0.25, -0.2) is 13.8 Å². The van der Waals surface area contributed by atoms with Gasteiger partial charge in [0, 0.05) is 27.9 Å². The van der Waals surface area contributed by atoms with E-state index in [2.05, 4.69) is 20.9 Å². The van der Waals surface area contributed by atoms with Gasteiger partial charge in [0.1, 0.15) is 11.6 Å². The van der Waals surface area contributed by atoms with Crippen molar-refractivity contribution >= 4 is 27.3 Å². The Hall–Kier alpha value is -1.59. The van der Waals surface area contributed by atoms with E-state index in [9.17, 15) is 8.78 Å². The lowest BCUT2D eigenvalue weighted by atomic mass is 10.1. The highest BCUT2D eigenvalue weighted by Gasteiger charge is 2.07. The van der Waals surface area contributed by atoms with Gasteiger partial charge >= 0.3 is 0 Å². The second-order valence-corrected chi connectivity index (χ2v) is 6.45. The van der Waals surface area contributed by atoms with Crippen LogP contribution in [0.1, 0.15) is 10.6 Å². The number of halogens is 3. The first-order chi connectivity index (χ1) is 10.1. The van der Waals surface area contributed by atoms with E-state index in [1.54, 1.807) is 0 Å². The van der Waals surface area contributed by atoms with Crippen LogP contribution in [0.4, 0.5) is 8.78 Å². The van der Waals surface area contributed by atoms with Gasteiger partial charge in [0.15, 0.2) is 0 Å². The van der Waals surface area contributed by atoms with Crippen molar-refractivity contribution in [1.82, 2.24) is 4.98 Å². The van der Waals surface area contributed by atoms with Gasteiger partial charge in [-0.3, -0.25) is 0 Å². The van der Waals surface area contributed by atoms with Gasteiger partial charge in [-0.15, -0.1) is 11.3 Å². The molecule has 0 aliphatic heterocycles. The minimum absolute atomic E-state index is 0.424. The molecule has 106 valence electrons. The number of hydrogen-bond donors (Lipinski definition) is 0. The van der Waals surface area contributed by atoms with Crippen molar-refractivity contribution in [3.05, 3.63) is 74.5 Å². The summed E-state index contributed by atoms with van der Waals surface area (Å²) >= 11 is 4.91. The Kier molecular flexibility index (Phi) is 4.12. The van der Waals surface area contributed by atoms with E-state index in [-0.39, 0.29) is 0 Å². The van der Waals surface area contributed by atoms with Crippen molar-refractivity contribution in [2.75, 3.05) is 0 Å². The molecule has 0 amide bonds. The van der Waals surface area contributed by atoms with Crippen molar-refractivity contribution in [2.24, 2.45) is 0 Å². The van der Waals surface area contributed by atoms with E-state index in [0.717, 1.165) is 26.8 Å². The lowest BCUT2D eigenvalue weighted by Crippen LogP contribution is -1.91. The summed E-state index contributed by atoms with van der Waals surface area (Å²) in [5, 5.41) is 2.78. The van der Waals surface area contributed by atoms with Gasteiger partial charge < -0.3 is 0 Å². The molecule has 1 aromatic heterocycles. The van der Waals surface area contributed by atoms with E-state index in [4.69, 9.17) is 0 Å². The molecule has 0 spiro atoms. The predicted octanol–water partition coefficient (Wildman–Crippen LogP) is 5.44. The summed E-state index contributed by atoms with van der Waals surface area (Å²) in [4.78, 5) is 4.53. The molecule has 3 aromatic rings. The highest BCUT2D eigenvalue weighted by Crippen LogP contribution is 2.26. The predicted molar refractivity (Wildman–Crippen MR) is 84.4 cm³/mol. The van der Waals surface area contributed by atoms with E-state index in [0.29, 0.717) is 12.0 Å². The smallest absolute Gasteiger partial charge is 0.126 e. The number of hydrogen-bond acceptors (Lipinski definition) is 2. The van der Waals surface area contributed by atoms with Crippen molar-refractivity contribution < 1.29 is 8.78 Å². The Bertz CT molecular complexity index is 765. The maximum absolute atomic E-state index is 13.2. The number of nitrogens with zero attached hydrogens (tertiary/aromatic N) is 1. The van der Waals surface area contributed by atoms with Gasteiger partial charge in [-0.2, -0.15) is 0 Å². The van der Waals surface area contributed by atoms with Gasteiger partial charge in [0.05, 0.1) is 10.7 Å². The van der Waals surface area contributed by atoms with Crippen LogP contribution < -0.4 is 0 Å². The molecule has 0 unspecified atom stereocenters. The second-order valence-electron chi connectivity index (χ2n) is 4.59. The second kappa shape index (κ2) is 6.03. The molecular weight excluding hydrogens is 356 g/mol. The van der Waals surface area contributed by atoms with Crippen LogP contribution in [0, 0.1) is 11.6 Å². The molecule has 21 heavy (non-hydrogen) atoms. The fourth-order valence-electron chi connectivity index (χ4n) is 2.06. The zero-order valence-corrected chi connectivity index (χ0v) is 13.2. The standard InChI is InChI=1S/C16H10BrF2NS/c17-12-3-1-2-11(7-12)15-9-21-16(20-15)6-10-4-13(18)8-14(19)5-10/h1-5,7-9H,6H2. The number of aromatic nitrogens is 1. The van der Waals surface area contributed by atoms with Crippen LogP contribution >= 0.6 is 27.3 Å². The molecule has 0 saturated heterocycles. The summed E-state index contributed by atoms with van der Waals surface area (Å²) in [6, 6.07) is 11.4. The van der Waals surface area contributed by atoms with Crippen LogP contribution in [0.25, 0.3) is 11.3 Å². The molecular formula is C16H10BrF2NS. The third kappa shape index (κ3) is 3.54. The lowest BCUT2D eigenvalue weighted by Gasteiger charge is -2.00. The van der Waals surface area contributed by atoms with E-state index in [1.807, 2.05) is 29.6 Å². The average Bonchev–Trinajstić information content (AvgIpc) is 2.86. The molecule has 5 heteroatoms. The molecule has 0 fully saturated rings. The number of rotatable bonds is 3. The van der Waals surface area contributed by atoms with Crippen molar-refractivity contribution in [3.63, 3.8) is 0 Å². The Balaban J connectivity index is 1.85. The molecule has 0 aliphatic rings. The molecule has 3 rings (SSSR count). The quantitative estimate of drug-likeness (QED) is 0.601. The summed E-state index contributed by atoms with van der Waals surface area (Å²) < 4.78 is 27.4. The molecule has 0 saturated carbocycles. The number of benzene rings is 2. The summed E-state index contributed by atoms with van der Waals surface area (Å²) in [5.41, 5.74) is 2.47. The van der Waals surface area contributed by atoms with Crippen LogP contribution in [0.15, 0.2) is 52.3 Å². The minimum atomic E-state index is -0.561. The zero-order valence-electron chi connectivity index (χ0n) is 10.8. The fourth-order valence-corrected chi connectivity index (χ4v) is 3.30. The molecule has 0 aliphatic carbocycles. The van der Waals surface area contributed by atoms with Gasteiger partial charge in [0.25, 0.3) is 0 Å². The first-order valence-electron chi connectivity index (χ1n) is 6.25. The molecule has 0 radical (unpaired) electrons. The third-order valence-corrected chi connectivity index (χ3v) is 4.29. The minimum Gasteiger partial charge on any atom is -0.241 e. The van der Waals surface area contributed by atoms with Crippen molar-refractivity contribution in [3.8, 4) is 11.3 Å². The van der Waals surface area contributed by atoms with E-state index in [1.165, 1.54) is 23.5 Å². The van der Waals surface area contributed by atoms with Gasteiger partial charge in [0.2, 0.25) is 0 Å².